The summed E-state index contributed by atoms with van der Waals surface area (Å²) in [6.45, 7) is 2.75. The number of phenolic OH excluding ortho intramolecular Hbond substituents is 1. The molecule has 3 aromatic rings. The third kappa shape index (κ3) is 3.61. The van der Waals surface area contributed by atoms with Gasteiger partial charge in [-0.2, -0.15) is 5.10 Å². The van der Waals surface area contributed by atoms with Crippen molar-refractivity contribution in [3.8, 4) is 22.8 Å². The van der Waals surface area contributed by atoms with E-state index in [0.717, 1.165) is 28.4 Å². The molecule has 132 valence electrons. The van der Waals surface area contributed by atoms with Crippen molar-refractivity contribution in [1.29, 1.82) is 0 Å². The fourth-order valence-electron chi connectivity index (χ4n) is 2.64. The number of rotatable bonds is 7. The summed E-state index contributed by atoms with van der Waals surface area (Å²) in [7, 11) is 1.51. The van der Waals surface area contributed by atoms with Crippen LogP contribution >= 0.6 is 0 Å². The number of aromatic nitrogens is 2. The van der Waals surface area contributed by atoms with Gasteiger partial charge in [-0.25, -0.2) is 4.68 Å². The molecule has 0 saturated heterocycles. The molecule has 3 rings (SSSR count). The van der Waals surface area contributed by atoms with Crippen LogP contribution in [0.1, 0.15) is 11.3 Å². The lowest BCUT2D eigenvalue weighted by atomic mass is 10.2. The zero-order chi connectivity index (χ0) is 17.8. The molecule has 2 aromatic heterocycles. The number of aryl methyl sites for hydroxylation is 1. The van der Waals surface area contributed by atoms with Crippen LogP contribution < -0.4 is 10.1 Å². The number of benzene rings is 1. The van der Waals surface area contributed by atoms with E-state index in [0.29, 0.717) is 18.8 Å². The Hall–Kier alpha value is -2.93. The summed E-state index contributed by atoms with van der Waals surface area (Å²) in [6, 6.07) is 9.03. The van der Waals surface area contributed by atoms with E-state index in [2.05, 4.69) is 10.4 Å². The highest BCUT2D eigenvalue weighted by Gasteiger charge is 2.13. The van der Waals surface area contributed by atoms with Crippen LogP contribution in [-0.2, 0) is 13.1 Å². The van der Waals surface area contributed by atoms with Crippen LogP contribution in [0.5, 0.6) is 11.5 Å². The summed E-state index contributed by atoms with van der Waals surface area (Å²) in [5, 5.41) is 26.9. The number of aromatic hydroxyl groups is 1. The Kier molecular flexibility index (Phi) is 4.95. The van der Waals surface area contributed by atoms with Gasteiger partial charge in [0.1, 0.15) is 11.6 Å². The second-order valence-electron chi connectivity index (χ2n) is 5.61. The molecule has 0 bridgehead atoms. The Morgan fingerprint density at radius 3 is 2.76 bits per heavy atom. The molecular formula is C18H21N3O4. The number of hydrogen-bond acceptors (Lipinski definition) is 6. The molecule has 7 heteroatoms. The van der Waals surface area contributed by atoms with Gasteiger partial charge in [0.05, 0.1) is 32.2 Å². The first-order valence-electron chi connectivity index (χ1n) is 7.95. The molecule has 7 nitrogen and oxygen atoms in total. The van der Waals surface area contributed by atoms with Crippen molar-refractivity contribution in [3.63, 3.8) is 0 Å². The Bertz CT molecular complexity index is 854. The number of methoxy groups -OCH3 is 1. The monoisotopic (exact) mass is 343 g/mol. The van der Waals surface area contributed by atoms with Crippen LogP contribution in [0.3, 0.4) is 0 Å². The minimum atomic E-state index is -0.0104. The quantitative estimate of drug-likeness (QED) is 0.611. The van der Waals surface area contributed by atoms with Crippen molar-refractivity contribution in [3.05, 3.63) is 47.9 Å². The maximum atomic E-state index is 9.87. The van der Waals surface area contributed by atoms with Crippen LogP contribution in [-0.4, -0.2) is 33.7 Å². The molecule has 1 aromatic carbocycles. The van der Waals surface area contributed by atoms with Gasteiger partial charge < -0.3 is 24.7 Å². The zero-order valence-corrected chi connectivity index (χ0v) is 14.2. The lowest BCUT2D eigenvalue weighted by Gasteiger charge is -2.10. The SMILES string of the molecule is COc1ccc(CNc2cc(-c3ccoc3C)nn2CCO)cc1O. The largest absolute Gasteiger partial charge is 0.504 e. The number of nitrogens with one attached hydrogen (secondary N) is 1. The molecular weight excluding hydrogens is 322 g/mol. The molecule has 2 heterocycles. The van der Waals surface area contributed by atoms with Crippen LogP contribution in [0.25, 0.3) is 11.3 Å². The van der Waals surface area contributed by atoms with Gasteiger partial charge in [-0.05, 0) is 30.7 Å². The second kappa shape index (κ2) is 7.31. The van der Waals surface area contributed by atoms with E-state index in [9.17, 15) is 10.2 Å². The molecule has 3 N–H and O–H groups in total. The summed E-state index contributed by atoms with van der Waals surface area (Å²) in [4.78, 5) is 0. The summed E-state index contributed by atoms with van der Waals surface area (Å²) >= 11 is 0. The first-order valence-corrected chi connectivity index (χ1v) is 7.95. The third-order valence-electron chi connectivity index (χ3n) is 3.94. The average molecular weight is 343 g/mol. The van der Waals surface area contributed by atoms with Gasteiger partial charge >= 0.3 is 0 Å². The number of nitrogens with zero attached hydrogens (tertiary/aromatic N) is 2. The molecule has 0 atom stereocenters. The van der Waals surface area contributed by atoms with Gasteiger partial charge in [0.2, 0.25) is 0 Å². The number of aliphatic hydroxyl groups is 1. The number of ether oxygens (including phenoxy) is 1. The van der Waals surface area contributed by atoms with E-state index in [1.54, 1.807) is 23.1 Å². The molecule has 0 saturated carbocycles. The molecule has 0 amide bonds. The van der Waals surface area contributed by atoms with Crippen LogP contribution in [0.15, 0.2) is 41.0 Å². The fraction of sp³-hybridized carbons (Fsp3) is 0.278. The molecule has 0 fully saturated rings. The van der Waals surface area contributed by atoms with Gasteiger partial charge in [0.25, 0.3) is 0 Å². The summed E-state index contributed by atoms with van der Waals surface area (Å²) in [6.07, 6.45) is 1.63. The predicted octanol–water partition coefficient (Wildman–Crippen LogP) is 2.77. The zero-order valence-electron chi connectivity index (χ0n) is 14.2. The highest BCUT2D eigenvalue weighted by atomic mass is 16.5. The van der Waals surface area contributed by atoms with Crippen molar-refractivity contribution in [2.75, 3.05) is 19.0 Å². The van der Waals surface area contributed by atoms with Gasteiger partial charge in [-0.1, -0.05) is 6.07 Å². The van der Waals surface area contributed by atoms with Crippen LogP contribution in [0.4, 0.5) is 5.82 Å². The number of phenols is 1. The standard InChI is InChI=1S/C18H21N3O4/c1-12-14(5-8-25-12)15-10-18(21(20-15)6-7-22)19-11-13-3-4-17(24-2)16(23)9-13/h3-5,8-10,19,22-23H,6-7,11H2,1-2H3. The minimum absolute atomic E-state index is 0.0104. The molecule has 0 aliphatic rings. The second-order valence-corrected chi connectivity index (χ2v) is 5.61. The number of furan rings is 1. The van der Waals surface area contributed by atoms with E-state index in [1.807, 2.05) is 25.1 Å². The molecule has 0 spiro atoms. The first kappa shape index (κ1) is 16.9. The number of aliphatic hydroxyl groups excluding tert-OH is 1. The Labute approximate surface area is 145 Å². The molecule has 0 radical (unpaired) electrons. The topological polar surface area (TPSA) is 92.7 Å². The van der Waals surface area contributed by atoms with E-state index in [1.165, 1.54) is 7.11 Å². The lowest BCUT2D eigenvalue weighted by molar-refractivity contribution is 0.270. The van der Waals surface area contributed by atoms with E-state index in [-0.39, 0.29) is 12.4 Å². The molecule has 0 aliphatic carbocycles. The van der Waals surface area contributed by atoms with Crippen molar-refractivity contribution < 1.29 is 19.4 Å². The molecule has 0 aliphatic heterocycles. The molecule has 0 unspecified atom stereocenters. The smallest absolute Gasteiger partial charge is 0.160 e. The number of anilines is 1. The Morgan fingerprint density at radius 1 is 1.28 bits per heavy atom. The summed E-state index contributed by atoms with van der Waals surface area (Å²) < 4.78 is 12.1. The summed E-state index contributed by atoms with van der Waals surface area (Å²) in [5.41, 5.74) is 2.60. The molecule has 25 heavy (non-hydrogen) atoms. The van der Waals surface area contributed by atoms with Crippen LogP contribution in [0, 0.1) is 6.92 Å². The fourth-order valence-corrected chi connectivity index (χ4v) is 2.64. The predicted molar refractivity (Wildman–Crippen MR) is 93.7 cm³/mol. The third-order valence-corrected chi connectivity index (χ3v) is 3.94. The maximum absolute atomic E-state index is 9.87. The van der Waals surface area contributed by atoms with Gasteiger partial charge in [-0.3, -0.25) is 0 Å². The van der Waals surface area contributed by atoms with Crippen molar-refractivity contribution >= 4 is 5.82 Å². The van der Waals surface area contributed by atoms with Crippen molar-refractivity contribution in [1.82, 2.24) is 9.78 Å². The average Bonchev–Trinajstić information content (AvgIpc) is 3.19. The lowest BCUT2D eigenvalue weighted by Crippen LogP contribution is -2.10. The van der Waals surface area contributed by atoms with Gasteiger partial charge in [0, 0.05) is 18.2 Å². The summed E-state index contributed by atoms with van der Waals surface area (Å²) in [5.74, 6) is 2.10. The minimum Gasteiger partial charge on any atom is -0.504 e. The number of hydrogen-bond donors (Lipinski definition) is 3. The normalized spacial score (nSPS) is 10.8. The Balaban J connectivity index is 1.80. The van der Waals surface area contributed by atoms with E-state index >= 15 is 0 Å². The highest BCUT2D eigenvalue weighted by Crippen LogP contribution is 2.28. The van der Waals surface area contributed by atoms with E-state index < -0.39 is 0 Å². The maximum Gasteiger partial charge on any atom is 0.160 e. The van der Waals surface area contributed by atoms with Crippen molar-refractivity contribution in [2.45, 2.75) is 20.0 Å². The van der Waals surface area contributed by atoms with Gasteiger partial charge in [0.15, 0.2) is 11.5 Å². The van der Waals surface area contributed by atoms with Crippen LogP contribution in [0.2, 0.25) is 0 Å². The Morgan fingerprint density at radius 2 is 2.12 bits per heavy atom. The van der Waals surface area contributed by atoms with E-state index in [4.69, 9.17) is 9.15 Å². The highest BCUT2D eigenvalue weighted by molar-refractivity contribution is 5.64. The van der Waals surface area contributed by atoms with Gasteiger partial charge in [-0.15, -0.1) is 0 Å². The first-order chi connectivity index (χ1) is 12.1. The van der Waals surface area contributed by atoms with Crippen molar-refractivity contribution in [2.24, 2.45) is 0 Å².